The van der Waals surface area contributed by atoms with E-state index < -0.39 is 0 Å². The first-order valence-electron chi connectivity index (χ1n) is 7.47. The van der Waals surface area contributed by atoms with Crippen molar-refractivity contribution in [3.8, 4) is 5.75 Å². The first kappa shape index (κ1) is 13.8. The molecule has 0 amide bonds. The maximum atomic E-state index is 13.3. The minimum absolute atomic E-state index is 0.158. The summed E-state index contributed by atoms with van der Waals surface area (Å²) in [6.07, 6.45) is 4.89. The zero-order chi connectivity index (χ0) is 14.2. The fourth-order valence-electron chi connectivity index (χ4n) is 3.46. The standard InChI is InChI=1S/C16H22FNO2/c1-2-3-12-9-16(6-7-19-12)10-14(18)13-8-11(17)4-5-15(13)20-16/h4-5,8,12,14H,2-3,6-7,9-10,18H2,1H3/t12?,14-,16?/m0/s1. The first-order valence-corrected chi connectivity index (χ1v) is 7.47. The van der Waals surface area contributed by atoms with Gasteiger partial charge in [-0.15, -0.1) is 0 Å². The van der Waals surface area contributed by atoms with Crippen LogP contribution < -0.4 is 10.5 Å². The molecule has 2 heterocycles. The van der Waals surface area contributed by atoms with Crippen LogP contribution in [0, 0.1) is 5.82 Å². The Bertz CT molecular complexity index is 491. The first-order chi connectivity index (χ1) is 9.62. The summed E-state index contributed by atoms with van der Waals surface area (Å²) in [4.78, 5) is 0. The van der Waals surface area contributed by atoms with Gasteiger partial charge in [-0.1, -0.05) is 13.3 Å². The summed E-state index contributed by atoms with van der Waals surface area (Å²) < 4.78 is 25.4. The number of hydrogen-bond donors (Lipinski definition) is 1. The van der Waals surface area contributed by atoms with Crippen molar-refractivity contribution >= 4 is 0 Å². The van der Waals surface area contributed by atoms with Gasteiger partial charge in [-0.25, -0.2) is 4.39 Å². The van der Waals surface area contributed by atoms with Gasteiger partial charge in [0.1, 0.15) is 17.2 Å². The number of fused-ring (bicyclic) bond motifs is 1. The maximum Gasteiger partial charge on any atom is 0.125 e. The predicted octanol–water partition coefficient (Wildman–Crippen LogP) is 3.33. The highest BCUT2D eigenvalue weighted by Crippen LogP contribution is 2.44. The number of rotatable bonds is 2. The Morgan fingerprint density at radius 2 is 2.25 bits per heavy atom. The van der Waals surface area contributed by atoms with Crippen LogP contribution in [0.5, 0.6) is 5.75 Å². The third kappa shape index (κ3) is 2.54. The van der Waals surface area contributed by atoms with Gasteiger partial charge in [-0.2, -0.15) is 0 Å². The monoisotopic (exact) mass is 279 g/mol. The van der Waals surface area contributed by atoms with E-state index in [0.717, 1.165) is 43.4 Å². The molecular formula is C16H22FNO2. The molecule has 2 unspecified atom stereocenters. The third-order valence-electron chi connectivity index (χ3n) is 4.41. The largest absolute Gasteiger partial charge is 0.487 e. The molecule has 20 heavy (non-hydrogen) atoms. The highest BCUT2D eigenvalue weighted by molar-refractivity contribution is 5.39. The second kappa shape index (κ2) is 5.34. The molecule has 1 fully saturated rings. The number of nitrogens with two attached hydrogens (primary N) is 1. The maximum absolute atomic E-state index is 13.3. The van der Waals surface area contributed by atoms with Crippen LogP contribution in [0.3, 0.4) is 0 Å². The minimum atomic E-state index is -0.255. The molecule has 0 aliphatic carbocycles. The molecular weight excluding hydrogens is 257 g/mol. The van der Waals surface area contributed by atoms with E-state index >= 15 is 0 Å². The van der Waals surface area contributed by atoms with Crippen LogP contribution in [0.1, 0.15) is 50.6 Å². The van der Waals surface area contributed by atoms with Gasteiger partial charge in [0.25, 0.3) is 0 Å². The number of halogens is 1. The van der Waals surface area contributed by atoms with Gasteiger partial charge in [0.15, 0.2) is 0 Å². The van der Waals surface area contributed by atoms with Gasteiger partial charge in [-0.3, -0.25) is 0 Å². The summed E-state index contributed by atoms with van der Waals surface area (Å²) in [5.41, 5.74) is 6.81. The van der Waals surface area contributed by atoms with Gasteiger partial charge in [-0.05, 0) is 24.6 Å². The summed E-state index contributed by atoms with van der Waals surface area (Å²) in [6, 6.07) is 4.48. The summed E-state index contributed by atoms with van der Waals surface area (Å²) in [7, 11) is 0. The second-order valence-electron chi connectivity index (χ2n) is 6.01. The van der Waals surface area contributed by atoms with Gasteiger partial charge in [0.05, 0.1) is 12.7 Å². The van der Waals surface area contributed by atoms with Gasteiger partial charge in [0.2, 0.25) is 0 Å². The van der Waals surface area contributed by atoms with Crippen molar-refractivity contribution in [2.24, 2.45) is 5.73 Å². The van der Waals surface area contributed by atoms with Crippen LogP contribution in [0.2, 0.25) is 0 Å². The van der Waals surface area contributed by atoms with Crippen LogP contribution in [0.4, 0.5) is 4.39 Å². The van der Waals surface area contributed by atoms with Crippen molar-refractivity contribution < 1.29 is 13.9 Å². The second-order valence-corrected chi connectivity index (χ2v) is 6.01. The molecule has 3 nitrogen and oxygen atoms in total. The average Bonchev–Trinajstić information content (AvgIpc) is 2.40. The molecule has 3 rings (SSSR count). The fourth-order valence-corrected chi connectivity index (χ4v) is 3.46. The molecule has 1 spiro atoms. The Labute approximate surface area is 119 Å². The molecule has 1 saturated heterocycles. The molecule has 110 valence electrons. The number of hydrogen-bond acceptors (Lipinski definition) is 3. The van der Waals surface area contributed by atoms with Crippen molar-refractivity contribution in [2.75, 3.05) is 6.61 Å². The van der Waals surface area contributed by atoms with Crippen molar-refractivity contribution in [3.63, 3.8) is 0 Å². The lowest BCUT2D eigenvalue weighted by atomic mass is 9.79. The lowest BCUT2D eigenvalue weighted by molar-refractivity contribution is -0.103. The molecule has 2 aliphatic heterocycles. The Morgan fingerprint density at radius 1 is 1.40 bits per heavy atom. The highest BCUT2D eigenvalue weighted by Gasteiger charge is 2.43. The van der Waals surface area contributed by atoms with Crippen molar-refractivity contribution in [3.05, 3.63) is 29.6 Å². The minimum Gasteiger partial charge on any atom is -0.487 e. The van der Waals surface area contributed by atoms with E-state index in [1.54, 1.807) is 6.07 Å². The van der Waals surface area contributed by atoms with E-state index in [2.05, 4.69) is 6.92 Å². The van der Waals surface area contributed by atoms with E-state index in [1.807, 2.05) is 0 Å². The lowest BCUT2D eigenvalue weighted by Crippen LogP contribution is -2.49. The summed E-state index contributed by atoms with van der Waals surface area (Å²) in [5, 5.41) is 0. The van der Waals surface area contributed by atoms with Crippen molar-refractivity contribution in [1.29, 1.82) is 0 Å². The van der Waals surface area contributed by atoms with E-state index in [-0.39, 0.29) is 23.6 Å². The Hall–Kier alpha value is -1.13. The normalized spacial score (nSPS) is 32.8. The van der Waals surface area contributed by atoms with Crippen LogP contribution in [-0.2, 0) is 4.74 Å². The molecule has 2 N–H and O–H groups in total. The summed E-state index contributed by atoms with van der Waals surface area (Å²) in [6.45, 7) is 2.88. The Morgan fingerprint density at radius 3 is 3.05 bits per heavy atom. The van der Waals surface area contributed by atoms with Crippen LogP contribution in [-0.4, -0.2) is 18.3 Å². The van der Waals surface area contributed by atoms with Crippen LogP contribution in [0.25, 0.3) is 0 Å². The third-order valence-corrected chi connectivity index (χ3v) is 4.41. The molecule has 0 radical (unpaired) electrons. The lowest BCUT2D eigenvalue weighted by Gasteiger charge is -2.45. The fraction of sp³-hybridized carbons (Fsp3) is 0.625. The molecule has 1 aromatic carbocycles. The molecule has 0 saturated carbocycles. The Kier molecular flexibility index (Phi) is 3.69. The summed E-state index contributed by atoms with van der Waals surface area (Å²) >= 11 is 0. The predicted molar refractivity (Wildman–Crippen MR) is 75.2 cm³/mol. The Balaban J connectivity index is 1.84. The van der Waals surface area contributed by atoms with Gasteiger partial charge < -0.3 is 15.2 Å². The number of benzene rings is 1. The van der Waals surface area contributed by atoms with Crippen molar-refractivity contribution in [1.82, 2.24) is 0 Å². The van der Waals surface area contributed by atoms with Crippen LogP contribution in [0.15, 0.2) is 18.2 Å². The topological polar surface area (TPSA) is 44.5 Å². The zero-order valence-electron chi connectivity index (χ0n) is 11.9. The molecule has 1 aromatic rings. The van der Waals surface area contributed by atoms with Gasteiger partial charge >= 0.3 is 0 Å². The van der Waals surface area contributed by atoms with E-state index in [9.17, 15) is 4.39 Å². The van der Waals surface area contributed by atoms with E-state index in [0.29, 0.717) is 6.61 Å². The van der Waals surface area contributed by atoms with Gasteiger partial charge in [0, 0.05) is 30.9 Å². The quantitative estimate of drug-likeness (QED) is 0.903. The molecule has 3 atom stereocenters. The van der Waals surface area contributed by atoms with Crippen molar-refractivity contribution in [2.45, 2.75) is 56.8 Å². The summed E-state index contributed by atoms with van der Waals surface area (Å²) in [5.74, 6) is 0.483. The zero-order valence-corrected chi connectivity index (χ0v) is 11.9. The van der Waals surface area contributed by atoms with E-state index in [1.165, 1.54) is 12.1 Å². The molecule has 0 aromatic heterocycles. The molecule has 0 bridgehead atoms. The molecule has 4 heteroatoms. The average molecular weight is 279 g/mol. The highest BCUT2D eigenvalue weighted by atomic mass is 19.1. The molecule has 2 aliphatic rings. The van der Waals surface area contributed by atoms with Crippen LogP contribution >= 0.6 is 0 Å². The SMILES string of the molecule is CCCC1CC2(CCO1)C[C@H](N)c1cc(F)ccc1O2. The van der Waals surface area contributed by atoms with E-state index in [4.69, 9.17) is 15.2 Å². The smallest absolute Gasteiger partial charge is 0.125 e. The number of ether oxygens (including phenoxy) is 2.